The van der Waals surface area contributed by atoms with E-state index in [4.69, 9.17) is 0 Å². The smallest absolute Gasteiger partial charge is 0.146 e. The van der Waals surface area contributed by atoms with Gasteiger partial charge in [0.25, 0.3) is 0 Å². The van der Waals surface area contributed by atoms with Gasteiger partial charge in [0, 0.05) is 35.3 Å². The summed E-state index contributed by atoms with van der Waals surface area (Å²) in [4.78, 5) is 8.43. The quantitative estimate of drug-likeness (QED) is 0.797. The first kappa shape index (κ1) is 13.6. The summed E-state index contributed by atoms with van der Waals surface area (Å²) in [5.41, 5.74) is 2.51. The lowest BCUT2D eigenvalue weighted by Gasteiger charge is -2.17. The Morgan fingerprint density at radius 1 is 1.14 bits per heavy atom. The Morgan fingerprint density at radius 2 is 2.00 bits per heavy atom. The molecule has 1 N–H and O–H groups in total. The van der Waals surface area contributed by atoms with E-state index in [0.29, 0.717) is 12.0 Å². The maximum atomic E-state index is 13.9. The number of nitrogens with zero attached hydrogens (tertiary/aromatic N) is 2. The fourth-order valence-corrected chi connectivity index (χ4v) is 2.47. The molecule has 0 aliphatic heterocycles. The third kappa shape index (κ3) is 2.90. The van der Waals surface area contributed by atoms with Gasteiger partial charge < -0.3 is 5.32 Å². The molecule has 0 aliphatic rings. The van der Waals surface area contributed by atoms with Gasteiger partial charge in [-0.1, -0.05) is 24.3 Å². The van der Waals surface area contributed by atoms with Gasteiger partial charge in [-0.05, 0) is 25.2 Å². The van der Waals surface area contributed by atoms with Crippen LogP contribution in [0.2, 0.25) is 0 Å². The molecule has 2 aromatic heterocycles. The minimum atomic E-state index is -0.294. The van der Waals surface area contributed by atoms with Crippen molar-refractivity contribution in [1.29, 1.82) is 0 Å². The highest BCUT2D eigenvalue weighted by molar-refractivity contribution is 5.78. The molecule has 1 aromatic carbocycles. The van der Waals surface area contributed by atoms with Crippen LogP contribution in [0, 0.1) is 5.82 Å². The molecule has 3 aromatic rings. The van der Waals surface area contributed by atoms with Crippen LogP contribution >= 0.6 is 0 Å². The summed E-state index contributed by atoms with van der Waals surface area (Å²) in [6.45, 7) is 0. The van der Waals surface area contributed by atoms with E-state index in [2.05, 4.69) is 15.3 Å². The molecular weight excluding hydrogens is 265 g/mol. The minimum Gasteiger partial charge on any atom is -0.313 e. The van der Waals surface area contributed by atoms with Crippen molar-refractivity contribution in [2.24, 2.45) is 0 Å². The van der Waals surface area contributed by atoms with Crippen molar-refractivity contribution < 1.29 is 4.39 Å². The second-order valence-electron chi connectivity index (χ2n) is 4.94. The van der Waals surface area contributed by atoms with Crippen LogP contribution in [0.3, 0.4) is 0 Å². The van der Waals surface area contributed by atoms with Crippen LogP contribution in [0.25, 0.3) is 10.9 Å². The molecule has 0 saturated carbocycles. The summed E-state index contributed by atoms with van der Waals surface area (Å²) in [6, 6.07) is 13.6. The lowest BCUT2D eigenvalue weighted by Crippen LogP contribution is -2.20. The van der Waals surface area contributed by atoms with Gasteiger partial charge >= 0.3 is 0 Å². The number of halogens is 1. The molecule has 0 fully saturated rings. The lowest BCUT2D eigenvalue weighted by molar-refractivity contribution is 0.527. The molecular formula is C17H16FN3. The summed E-state index contributed by atoms with van der Waals surface area (Å²) >= 11 is 0. The highest BCUT2D eigenvalue weighted by Crippen LogP contribution is 2.21. The first-order valence-electron chi connectivity index (χ1n) is 6.89. The molecule has 21 heavy (non-hydrogen) atoms. The minimum absolute atomic E-state index is 0.123. The zero-order valence-corrected chi connectivity index (χ0v) is 11.8. The number of rotatable bonds is 4. The van der Waals surface area contributed by atoms with Gasteiger partial charge in [0.2, 0.25) is 0 Å². The number of hydrogen-bond acceptors (Lipinski definition) is 3. The Labute approximate surface area is 122 Å². The molecule has 3 rings (SSSR count). The third-order valence-electron chi connectivity index (χ3n) is 3.60. The normalized spacial score (nSPS) is 12.5. The van der Waals surface area contributed by atoms with Crippen LogP contribution in [0.1, 0.15) is 17.3 Å². The molecule has 4 heteroatoms. The molecule has 0 radical (unpaired) electrons. The fraction of sp³-hybridized carbons (Fsp3) is 0.176. The largest absolute Gasteiger partial charge is 0.313 e. The standard InChI is InChI=1S/C17H16FN3/c1-19-17(14-8-9-20-11-15(14)18)10-13-7-6-12-4-2-3-5-16(12)21-13/h2-9,11,17,19H,10H2,1H3. The zero-order valence-electron chi connectivity index (χ0n) is 11.8. The highest BCUT2D eigenvalue weighted by atomic mass is 19.1. The number of pyridine rings is 2. The molecule has 1 atom stereocenters. The molecule has 0 amide bonds. The van der Waals surface area contributed by atoms with E-state index in [1.807, 2.05) is 43.4 Å². The molecule has 0 bridgehead atoms. The Balaban J connectivity index is 1.90. The van der Waals surface area contributed by atoms with Crippen molar-refractivity contribution in [3.05, 3.63) is 71.9 Å². The number of aromatic nitrogens is 2. The predicted octanol–water partition coefficient (Wildman–Crippen LogP) is 3.27. The van der Waals surface area contributed by atoms with Crippen molar-refractivity contribution >= 4 is 10.9 Å². The number of likely N-dealkylation sites (N-methyl/N-ethyl adjacent to an activating group) is 1. The van der Waals surface area contributed by atoms with Crippen LogP contribution in [0.5, 0.6) is 0 Å². The van der Waals surface area contributed by atoms with E-state index in [9.17, 15) is 4.39 Å². The molecule has 106 valence electrons. The SMILES string of the molecule is CNC(Cc1ccc2ccccc2n1)c1ccncc1F. The van der Waals surface area contributed by atoms with Gasteiger partial charge in [-0.15, -0.1) is 0 Å². The number of nitrogens with one attached hydrogen (secondary N) is 1. The average molecular weight is 281 g/mol. The second kappa shape index (κ2) is 5.97. The molecule has 2 heterocycles. The summed E-state index contributed by atoms with van der Waals surface area (Å²) in [5, 5.41) is 4.26. The number of hydrogen-bond donors (Lipinski definition) is 1. The van der Waals surface area contributed by atoms with Crippen LogP contribution in [0.15, 0.2) is 54.9 Å². The summed E-state index contributed by atoms with van der Waals surface area (Å²) in [6.07, 6.45) is 3.48. The third-order valence-corrected chi connectivity index (χ3v) is 3.60. The van der Waals surface area contributed by atoms with E-state index in [1.54, 1.807) is 12.3 Å². The Morgan fingerprint density at radius 3 is 2.81 bits per heavy atom. The number of fused-ring (bicyclic) bond motifs is 1. The van der Waals surface area contributed by atoms with Crippen molar-refractivity contribution in [1.82, 2.24) is 15.3 Å². The fourth-order valence-electron chi connectivity index (χ4n) is 2.47. The highest BCUT2D eigenvalue weighted by Gasteiger charge is 2.15. The van der Waals surface area contributed by atoms with Crippen LogP contribution < -0.4 is 5.32 Å². The molecule has 3 nitrogen and oxygen atoms in total. The van der Waals surface area contributed by atoms with Crippen molar-refractivity contribution in [3.63, 3.8) is 0 Å². The van der Waals surface area contributed by atoms with Gasteiger partial charge in [0.1, 0.15) is 5.82 Å². The predicted molar refractivity (Wildman–Crippen MR) is 81.4 cm³/mol. The van der Waals surface area contributed by atoms with Gasteiger partial charge in [-0.25, -0.2) is 4.39 Å². The average Bonchev–Trinajstić information content (AvgIpc) is 2.53. The van der Waals surface area contributed by atoms with Crippen molar-refractivity contribution in [3.8, 4) is 0 Å². The first-order chi connectivity index (χ1) is 10.3. The van der Waals surface area contributed by atoms with Gasteiger partial charge in [-0.2, -0.15) is 0 Å². The maximum Gasteiger partial charge on any atom is 0.146 e. The van der Waals surface area contributed by atoms with E-state index < -0.39 is 0 Å². The van der Waals surface area contributed by atoms with Gasteiger partial charge in [-0.3, -0.25) is 9.97 Å². The zero-order chi connectivity index (χ0) is 14.7. The molecule has 1 unspecified atom stereocenters. The van der Waals surface area contributed by atoms with Crippen molar-refractivity contribution in [2.45, 2.75) is 12.5 Å². The second-order valence-corrected chi connectivity index (χ2v) is 4.94. The molecule has 0 saturated heterocycles. The molecule has 0 aliphatic carbocycles. The topological polar surface area (TPSA) is 37.8 Å². The Hall–Kier alpha value is -2.33. The monoisotopic (exact) mass is 281 g/mol. The van der Waals surface area contributed by atoms with E-state index in [0.717, 1.165) is 16.6 Å². The Kier molecular flexibility index (Phi) is 3.88. The van der Waals surface area contributed by atoms with Crippen LogP contribution in [0.4, 0.5) is 4.39 Å². The molecule has 0 spiro atoms. The van der Waals surface area contributed by atoms with E-state index in [-0.39, 0.29) is 11.9 Å². The Bertz CT molecular complexity index is 758. The van der Waals surface area contributed by atoms with E-state index in [1.165, 1.54) is 6.20 Å². The maximum absolute atomic E-state index is 13.9. The summed E-state index contributed by atoms with van der Waals surface area (Å²) < 4.78 is 13.9. The number of para-hydroxylation sites is 1. The van der Waals surface area contributed by atoms with Crippen molar-refractivity contribution in [2.75, 3.05) is 7.05 Å². The van der Waals surface area contributed by atoms with E-state index >= 15 is 0 Å². The summed E-state index contributed by atoms with van der Waals surface area (Å²) in [7, 11) is 1.82. The first-order valence-corrected chi connectivity index (χ1v) is 6.89. The van der Waals surface area contributed by atoms with Crippen LogP contribution in [-0.2, 0) is 6.42 Å². The van der Waals surface area contributed by atoms with Gasteiger partial charge in [0.15, 0.2) is 0 Å². The lowest BCUT2D eigenvalue weighted by atomic mass is 10.0. The number of benzene rings is 1. The van der Waals surface area contributed by atoms with Gasteiger partial charge in [0.05, 0.1) is 11.7 Å². The van der Waals surface area contributed by atoms with Crippen LogP contribution in [-0.4, -0.2) is 17.0 Å². The summed E-state index contributed by atoms with van der Waals surface area (Å²) in [5.74, 6) is -0.294.